The Morgan fingerprint density at radius 2 is 1.63 bits per heavy atom. The number of halogens is 3. The van der Waals surface area contributed by atoms with Crippen molar-refractivity contribution in [3.05, 3.63) is 105 Å². The molecule has 0 aromatic heterocycles. The van der Waals surface area contributed by atoms with Gasteiger partial charge >= 0.3 is 5.97 Å². The van der Waals surface area contributed by atoms with E-state index >= 15 is 0 Å². The molecule has 0 fully saturated rings. The highest BCUT2D eigenvalue weighted by molar-refractivity contribution is 7.85. The summed E-state index contributed by atoms with van der Waals surface area (Å²) in [5, 5.41) is 13.6. The SMILES string of the molecule is Cc1c(-c2ccc(Cl)cc2)c([C@H](OC(C)(C)C)C(=O)O)c(C)c2c1-c1ccc(NC(=O)c3c(F)cccc3F)cc1CN2S(C)=O. The quantitative estimate of drug-likeness (QED) is 0.207. The minimum absolute atomic E-state index is 0.154. The van der Waals surface area contributed by atoms with Crippen molar-refractivity contribution < 1.29 is 32.4 Å². The summed E-state index contributed by atoms with van der Waals surface area (Å²) in [7, 11) is -1.56. The van der Waals surface area contributed by atoms with Gasteiger partial charge in [-0.2, -0.15) is 0 Å². The molecule has 0 spiro atoms. The van der Waals surface area contributed by atoms with E-state index in [4.69, 9.17) is 16.3 Å². The number of carboxylic acids is 1. The van der Waals surface area contributed by atoms with Crippen LogP contribution in [0.3, 0.4) is 0 Å². The number of carbonyl (C=O) groups is 2. The first-order chi connectivity index (χ1) is 21.6. The molecule has 1 heterocycles. The van der Waals surface area contributed by atoms with Crippen LogP contribution >= 0.6 is 11.6 Å². The lowest BCUT2D eigenvalue weighted by atomic mass is 9.80. The molecular weight excluding hydrogens is 634 g/mol. The molecule has 1 aliphatic rings. The Labute approximate surface area is 273 Å². The number of nitrogens with zero attached hydrogens (tertiary/aromatic N) is 1. The van der Waals surface area contributed by atoms with Gasteiger partial charge in [0.1, 0.15) is 28.2 Å². The lowest BCUT2D eigenvalue weighted by Gasteiger charge is -2.37. The van der Waals surface area contributed by atoms with E-state index in [0.717, 1.165) is 34.4 Å². The fourth-order valence-corrected chi connectivity index (χ4v) is 6.89. The Bertz CT molecular complexity index is 1890. The van der Waals surface area contributed by atoms with Crippen LogP contribution in [-0.4, -0.2) is 33.0 Å². The number of ether oxygens (including phenoxy) is 1. The van der Waals surface area contributed by atoms with Crippen LogP contribution in [0.2, 0.25) is 5.02 Å². The zero-order chi connectivity index (χ0) is 33.7. The van der Waals surface area contributed by atoms with Gasteiger partial charge in [0.15, 0.2) is 6.10 Å². The van der Waals surface area contributed by atoms with Gasteiger partial charge in [-0.15, -0.1) is 0 Å². The first-order valence-corrected chi connectivity index (χ1v) is 16.3. The summed E-state index contributed by atoms with van der Waals surface area (Å²) in [5.74, 6) is -4.07. The van der Waals surface area contributed by atoms with Crippen LogP contribution in [-0.2, 0) is 27.1 Å². The van der Waals surface area contributed by atoms with E-state index < -0.39 is 51.8 Å². The average molecular weight is 667 g/mol. The lowest BCUT2D eigenvalue weighted by molar-refractivity contribution is -0.160. The van der Waals surface area contributed by atoms with E-state index in [1.807, 2.05) is 19.1 Å². The highest BCUT2D eigenvalue weighted by Gasteiger charge is 2.37. The maximum atomic E-state index is 14.3. The summed E-state index contributed by atoms with van der Waals surface area (Å²) in [6.45, 7) is 9.19. The minimum Gasteiger partial charge on any atom is -0.479 e. The predicted molar refractivity (Wildman–Crippen MR) is 178 cm³/mol. The fourth-order valence-electron chi connectivity index (χ4n) is 5.96. The standard InChI is InChI=1S/C35H33ClF2N2O5S/c1-18-27(20-10-12-22(36)13-11-20)29(32(34(42)43)45-35(3,4)5)19(2)31-28(18)24-15-14-23(16-21(24)17-40(31)46(6)44)39-33(41)30-25(37)8-7-9-26(30)38/h7-16,32H,17H2,1-6H3,(H,39,41)(H,42,43)/t32-,46?/m0/s1. The molecule has 4 aromatic carbocycles. The molecule has 7 nitrogen and oxygen atoms in total. The van der Waals surface area contributed by atoms with E-state index in [9.17, 15) is 27.7 Å². The summed E-state index contributed by atoms with van der Waals surface area (Å²) in [5.41, 5.74) is 4.74. The van der Waals surface area contributed by atoms with Crippen molar-refractivity contribution in [2.75, 3.05) is 15.9 Å². The Morgan fingerprint density at radius 1 is 1.00 bits per heavy atom. The molecule has 240 valence electrons. The van der Waals surface area contributed by atoms with Crippen molar-refractivity contribution in [2.24, 2.45) is 0 Å². The molecule has 1 unspecified atom stereocenters. The van der Waals surface area contributed by atoms with Crippen molar-refractivity contribution >= 4 is 45.8 Å². The van der Waals surface area contributed by atoms with Gasteiger partial charge in [0, 0.05) is 28.1 Å². The van der Waals surface area contributed by atoms with Gasteiger partial charge in [-0.3, -0.25) is 9.10 Å². The number of fused-ring (bicyclic) bond motifs is 3. The predicted octanol–water partition coefficient (Wildman–Crippen LogP) is 8.38. The topological polar surface area (TPSA) is 95.9 Å². The Hall–Kier alpha value is -4.12. The third-order valence-electron chi connectivity index (χ3n) is 7.80. The normalized spacial score (nSPS) is 13.9. The highest BCUT2D eigenvalue weighted by atomic mass is 35.5. The Morgan fingerprint density at radius 3 is 2.20 bits per heavy atom. The van der Waals surface area contributed by atoms with Crippen LogP contribution in [0.4, 0.5) is 20.2 Å². The van der Waals surface area contributed by atoms with Crippen molar-refractivity contribution in [3.8, 4) is 22.3 Å². The van der Waals surface area contributed by atoms with Crippen LogP contribution in [0.1, 0.15) is 59.5 Å². The maximum absolute atomic E-state index is 14.3. The molecule has 0 saturated heterocycles. The van der Waals surface area contributed by atoms with Crippen molar-refractivity contribution in [3.63, 3.8) is 0 Å². The van der Waals surface area contributed by atoms with Gasteiger partial charge in [-0.25, -0.2) is 17.8 Å². The largest absolute Gasteiger partial charge is 0.479 e. The molecule has 2 atom stereocenters. The van der Waals surface area contributed by atoms with Crippen LogP contribution in [0, 0.1) is 25.5 Å². The maximum Gasteiger partial charge on any atom is 0.337 e. The molecule has 5 rings (SSSR count). The smallest absolute Gasteiger partial charge is 0.337 e. The van der Waals surface area contributed by atoms with E-state index in [2.05, 4.69) is 5.32 Å². The summed E-state index contributed by atoms with van der Waals surface area (Å²) >= 11 is 6.22. The molecule has 0 aliphatic carbocycles. The van der Waals surface area contributed by atoms with Crippen LogP contribution < -0.4 is 9.62 Å². The second-order valence-electron chi connectivity index (χ2n) is 12.1. The second-order valence-corrected chi connectivity index (χ2v) is 13.8. The summed E-state index contributed by atoms with van der Waals surface area (Å²) < 4.78 is 49.7. The molecule has 1 amide bonds. The number of anilines is 2. The van der Waals surface area contributed by atoms with Crippen LogP contribution in [0.25, 0.3) is 22.3 Å². The van der Waals surface area contributed by atoms with E-state index in [1.165, 1.54) is 12.3 Å². The molecule has 1 aliphatic heterocycles. The summed E-state index contributed by atoms with van der Waals surface area (Å²) in [4.78, 5) is 25.7. The number of nitrogens with one attached hydrogen (secondary N) is 1. The number of benzene rings is 4. The van der Waals surface area contributed by atoms with Gasteiger partial charge in [0.25, 0.3) is 5.91 Å². The second kappa shape index (κ2) is 12.6. The van der Waals surface area contributed by atoms with Gasteiger partial charge in [-0.1, -0.05) is 35.9 Å². The average Bonchev–Trinajstić information content (AvgIpc) is 2.96. The Balaban J connectivity index is 1.75. The summed E-state index contributed by atoms with van der Waals surface area (Å²) in [6.07, 6.45) is 0.183. The number of carbonyl (C=O) groups excluding carboxylic acids is 1. The monoisotopic (exact) mass is 666 g/mol. The first-order valence-electron chi connectivity index (χ1n) is 14.4. The molecule has 46 heavy (non-hydrogen) atoms. The molecule has 11 heteroatoms. The zero-order valence-corrected chi connectivity index (χ0v) is 27.7. The fraction of sp³-hybridized carbons (Fsp3) is 0.257. The van der Waals surface area contributed by atoms with Crippen molar-refractivity contribution in [1.29, 1.82) is 0 Å². The van der Waals surface area contributed by atoms with Gasteiger partial charge < -0.3 is 15.2 Å². The van der Waals surface area contributed by atoms with Gasteiger partial charge in [0.2, 0.25) is 0 Å². The molecule has 0 radical (unpaired) electrons. The number of carboxylic acid groups (broad SMARTS) is 1. The number of rotatable bonds is 7. The number of amides is 1. The molecule has 0 saturated carbocycles. The van der Waals surface area contributed by atoms with Crippen molar-refractivity contribution in [1.82, 2.24) is 0 Å². The minimum atomic E-state index is -1.56. The molecular formula is C35H33ClF2N2O5S. The number of hydrogen-bond acceptors (Lipinski definition) is 4. The van der Waals surface area contributed by atoms with Gasteiger partial charge in [0.05, 0.1) is 17.8 Å². The molecule has 4 aromatic rings. The summed E-state index contributed by atoms with van der Waals surface area (Å²) in [6, 6.07) is 15.4. The lowest BCUT2D eigenvalue weighted by Crippen LogP contribution is -2.32. The molecule has 0 bridgehead atoms. The van der Waals surface area contributed by atoms with Crippen LogP contribution in [0.5, 0.6) is 0 Å². The van der Waals surface area contributed by atoms with E-state index in [0.29, 0.717) is 38.7 Å². The molecule has 2 N–H and O–H groups in total. The Kier molecular flexibility index (Phi) is 9.10. The van der Waals surface area contributed by atoms with E-state index in [-0.39, 0.29) is 6.54 Å². The van der Waals surface area contributed by atoms with Crippen molar-refractivity contribution in [2.45, 2.75) is 52.9 Å². The van der Waals surface area contributed by atoms with Crippen LogP contribution in [0.15, 0.2) is 60.7 Å². The number of aliphatic carboxylic acids is 1. The third kappa shape index (κ3) is 6.29. The highest BCUT2D eigenvalue weighted by Crippen LogP contribution is 2.51. The zero-order valence-electron chi connectivity index (χ0n) is 26.1. The third-order valence-corrected chi connectivity index (χ3v) is 8.99. The van der Waals surface area contributed by atoms with E-state index in [1.54, 1.807) is 62.3 Å². The van der Waals surface area contributed by atoms with Gasteiger partial charge in [-0.05, 0) is 104 Å². The first kappa shape index (κ1) is 33.2. The number of hydrogen-bond donors (Lipinski definition) is 2.